The highest BCUT2D eigenvalue weighted by atomic mass is 32.2. The third-order valence-corrected chi connectivity index (χ3v) is 8.60. The molecule has 1 aliphatic heterocycles. The zero-order valence-corrected chi connectivity index (χ0v) is 22.8. The van der Waals surface area contributed by atoms with Crippen molar-refractivity contribution in [2.24, 2.45) is 5.92 Å². The first-order valence-corrected chi connectivity index (χ1v) is 14.7. The van der Waals surface area contributed by atoms with Crippen LogP contribution in [-0.4, -0.2) is 85.6 Å². The summed E-state index contributed by atoms with van der Waals surface area (Å²) >= 11 is 0. The molecule has 1 aromatic heterocycles. The molecule has 11 nitrogen and oxygen atoms in total. The maximum absolute atomic E-state index is 13.5. The molecule has 2 aliphatic rings. The van der Waals surface area contributed by atoms with Gasteiger partial charge in [-0.2, -0.15) is 4.72 Å². The predicted octanol–water partition coefficient (Wildman–Crippen LogP) is 2.09. The molecule has 2 heterocycles. The van der Waals surface area contributed by atoms with Gasteiger partial charge in [-0.15, -0.1) is 0 Å². The molecule has 40 heavy (non-hydrogen) atoms. The second-order valence-electron chi connectivity index (χ2n) is 10.0. The molecule has 1 saturated heterocycles. The minimum Gasteiger partial charge on any atom is -0.480 e. The Hall–Kier alpha value is -4.03. The number of nitrogens with one attached hydrogen (secondary N) is 1. The summed E-state index contributed by atoms with van der Waals surface area (Å²) in [5.41, 5.74) is 1.41. The molecule has 1 aliphatic carbocycles. The lowest BCUT2D eigenvalue weighted by Gasteiger charge is -2.36. The summed E-state index contributed by atoms with van der Waals surface area (Å²) in [6.45, 7) is 3.20. The third kappa shape index (κ3) is 6.75. The number of rotatable bonds is 11. The number of aromatic nitrogens is 2. The molecule has 1 saturated carbocycles. The number of carbonyl (C=O) groups excluding carboxylic acids is 1. The number of nitrogens with zero attached hydrogens (tertiary/aromatic N) is 5. The van der Waals surface area contributed by atoms with Gasteiger partial charge in [0.05, 0.1) is 4.90 Å². The first-order chi connectivity index (χ1) is 19.3. The van der Waals surface area contributed by atoms with Crippen LogP contribution in [-0.2, 0) is 14.8 Å². The smallest absolute Gasteiger partial charge is 0.323 e. The zero-order chi connectivity index (χ0) is 28.1. The lowest BCUT2D eigenvalue weighted by Crippen LogP contribution is -2.50. The van der Waals surface area contributed by atoms with Crippen molar-refractivity contribution in [2.75, 3.05) is 49.1 Å². The molecule has 2 fully saturated rings. The van der Waals surface area contributed by atoms with Crippen LogP contribution < -0.4 is 14.5 Å². The maximum Gasteiger partial charge on any atom is 0.323 e. The molecule has 210 valence electrons. The number of hydrogen-bond acceptors (Lipinski definition) is 8. The van der Waals surface area contributed by atoms with Gasteiger partial charge < -0.3 is 19.8 Å². The Balaban J connectivity index is 1.25. The average Bonchev–Trinajstić information content (AvgIpc) is 3.81. The largest absolute Gasteiger partial charge is 0.480 e. The van der Waals surface area contributed by atoms with Gasteiger partial charge in [0.2, 0.25) is 16.0 Å². The van der Waals surface area contributed by atoms with Gasteiger partial charge in [0.1, 0.15) is 6.04 Å². The molecule has 5 rings (SSSR count). The van der Waals surface area contributed by atoms with Gasteiger partial charge >= 0.3 is 5.97 Å². The second kappa shape index (κ2) is 12.0. The number of carboxylic acids is 1. The van der Waals surface area contributed by atoms with Crippen molar-refractivity contribution in [3.05, 3.63) is 78.6 Å². The van der Waals surface area contributed by atoms with Crippen LogP contribution >= 0.6 is 0 Å². The van der Waals surface area contributed by atoms with Gasteiger partial charge in [-0.05, 0) is 61.2 Å². The van der Waals surface area contributed by atoms with Crippen molar-refractivity contribution in [2.45, 2.75) is 23.8 Å². The molecule has 0 bridgehead atoms. The summed E-state index contributed by atoms with van der Waals surface area (Å²) < 4.78 is 27.9. The van der Waals surface area contributed by atoms with E-state index >= 15 is 0 Å². The fraction of sp³-hybridized carbons (Fsp3) is 0.357. The molecule has 1 amide bonds. The minimum absolute atomic E-state index is 0.0333. The lowest BCUT2D eigenvalue weighted by molar-refractivity contribution is -0.139. The van der Waals surface area contributed by atoms with Crippen molar-refractivity contribution in [1.29, 1.82) is 0 Å². The summed E-state index contributed by atoms with van der Waals surface area (Å²) in [7, 11) is -4.08. The fourth-order valence-corrected chi connectivity index (χ4v) is 5.91. The number of carbonyl (C=O) groups is 2. The van der Waals surface area contributed by atoms with Crippen LogP contribution in [0.2, 0.25) is 0 Å². The predicted molar refractivity (Wildman–Crippen MR) is 150 cm³/mol. The van der Waals surface area contributed by atoms with Crippen LogP contribution in [0.1, 0.15) is 23.2 Å². The molecule has 0 unspecified atom stereocenters. The highest BCUT2D eigenvalue weighted by Gasteiger charge is 2.33. The molecule has 12 heteroatoms. The number of sulfonamides is 1. The van der Waals surface area contributed by atoms with Crippen LogP contribution in [0.5, 0.6) is 0 Å². The van der Waals surface area contributed by atoms with Crippen molar-refractivity contribution < 1.29 is 23.1 Å². The first kappa shape index (κ1) is 27.5. The van der Waals surface area contributed by atoms with Crippen LogP contribution in [0.3, 0.4) is 0 Å². The van der Waals surface area contributed by atoms with E-state index in [1.54, 1.807) is 48.8 Å². The Morgan fingerprint density at radius 1 is 0.925 bits per heavy atom. The Labute approximate surface area is 233 Å². The van der Waals surface area contributed by atoms with Gasteiger partial charge in [-0.25, -0.2) is 18.4 Å². The monoisotopic (exact) mass is 564 g/mol. The van der Waals surface area contributed by atoms with Crippen molar-refractivity contribution in [1.82, 2.24) is 19.6 Å². The quantitative estimate of drug-likeness (QED) is 0.359. The summed E-state index contributed by atoms with van der Waals surface area (Å²) in [5.74, 6) is -0.670. The Morgan fingerprint density at radius 3 is 2.15 bits per heavy atom. The van der Waals surface area contributed by atoms with Crippen LogP contribution in [0.4, 0.5) is 11.6 Å². The minimum atomic E-state index is -4.08. The standard InChI is InChI=1S/C28H32N6O5S/c35-26(22-9-11-23(12-10-22)32-15-17-33(18-16-32)28-29-13-4-14-30-28)34(19-21-7-8-21)20-25(27(36)37)31-40(38,39)24-5-2-1-3-6-24/h1-6,9-14,21,25,31H,7-8,15-20H2,(H,36,37)/t25-/m0/s1. The Morgan fingerprint density at radius 2 is 1.55 bits per heavy atom. The van der Waals surface area contributed by atoms with Crippen LogP contribution in [0, 0.1) is 5.92 Å². The summed E-state index contributed by atoms with van der Waals surface area (Å²) in [4.78, 5) is 40.0. The molecule has 2 N–H and O–H groups in total. The fourth-order valence-electron chi connectivity index (χ4n) is 4.71. The van der Waals surface area contributed by atoms with E-state index in [4.69, 9.17) is 0 Å². The zero-order valence-electron chi connectivity index (χ0n) is 22.0. The third-order valence-electron chi connectivity index (χ3n) is 7.11. The van der Waals surface area contributed by atoms with Gasteiger partial charge in [0.25, 0.3) is 5.91 Å². The number of aliphatic carboxylic acids is 1. The highest BCUT2D eigenvalue weighted by molar-refractivity contribution is 7.89. The van der Waals surface area contributed by atoms with E-state index in [0.717, 1.165) is 44.7 Å². The lowest BCUT2D eigenvalue weighted by atomic mass is 10.1. The van der Waals surface area contributed by atoms with Crippen molar-refractivity contribution in [3.8, 4) is 0 Å². The molecule has 2 aromatic carbocycles. The molecular formula is C28H32N6O5S. The normalized spacial score (nSPS) is 16.4. The summed E-state index contributed by atoms with van der Waals surface area (Å²) in [6.07, 6.45) is 5.37. The molecule has 0 radical (unpaired) electrons. The van der Waals surface area contributed by atoms with Crippen molar-refractivity contribution in [3.63, 3.8) is 0 Å². The number of amides is 1. The van der Waals surface area contributed by atoms with Gasteiger partial charge in [0, 0.05) is 62.9 Å². The topological polar surface area (TPSA) is 136 Å². The number of anilines is 2. The van der Waals surface area contributed by atoms with E-state index in [0.29, 0.717) is 18.1 Å². The number of benzene rings is 2. The number of hydrogen-bond donors (Lipinski definition) is 2. The van der Waals surface area contributed by atoms with E-state index in [-0.39, 0.29) is 23.3 Å². The van der Waals surface area contributed by atoms with E-state index in [1.807, 2.05) is 12.1 Å². The number of carboxylic acid groups (broad SMARTS) is 1. The summed E-state index contributed by atoms with van der Waals surface area (Å²) in [6, 6.07) is 15.2. The Kier molecular flexibility index (Phi) is 8.27. The van der Waals surface area contributed by atoms with Crippen LogP contribution in [0.15, 0.2) is 78.0 Å². The maximum atomic E-state index is 13.5. The van der Waals surface area contributed by atoms with Gasteiger partial charge in [-0.3, -0.25) is 9.59 Å². The second-order valence-corrected chi connectivity index (χ2v) is 11.8. The van der Waals surface area contributed by atoms with Gasteiger partial charge in [-0.1, -0.05) is 18.2 Å². The summed E-state index contributed by atoms with van der Waals surface area (Å²) in [5, 5.41) is 9.82. The van der Waals surface area contributed by atoms with Crippen LogP contribution in [0.25, 0.3) is 0 Å². The average molecular weight is 565 g/mol. The van der Waals surface area contributed by atoms with E-state index < -0.39 is 22.0 Å². The first-order valence-electron chi connectivity index (χ1n) is 13.3. The number of piperazine rings is 1. The highest BCUT2D eigenvalue weighted by Crippen LogP contribution is 2.30. The van der Waals surface area contributed by atoms with E-state index in [9.17, 15) is 23.1 Å². The Bertz CT molecular complexity index is 1410. The molecule has 1 atom stereocenters. The molecule has 0 spiro atoms. The SMILES string of the molecule is O=C(O)[C@H](CN(CC1CC1)C(=O)c1ccc(N2CCN(c3ncccn3)CC2)cc1)NS(=O)(=O)c1ccccc1. The molecule has 3 aromatic rings. The van der Waals surface area contributed by atoms with E-state index in [1.165, 1.54) is 17.0 Å². The van der Waals surface area contributed by atoms with E-state index in [2.05, 4.69) is 24.5 Å². The van der Waals surface area contributed by atoms with Gasteiger partial charge in [0.15, 0.2) is 0 Å². The molecular weight excluding hydrogens is 532 g/mol. The van der Waals surface area contributed by atoms with Crippen molar-refractivity contribution >= 4 is 33.5 Å².